The maximum Gasteiger partial charge on any atom is 0.296 e. The number of hydrogen-bond acceptors (Lipinski definition) is 8. The predicted octanol–water partition coefficient (Wildman–Crippen LogP) is 8.69. The predicted molar refractivity (Wildman–Crippen MR) is 168 cm³/mol. The molecule has 0 saturated carbocycles. The molecule has 0 saturated heterocycles. The highest BCUT2D eigenvalue weighted by Gasteiger charge is 2.21. The molecule has 0 amide bonds. The van der Waals surface area contributed by atoms with Gasteiger partial charge in [-0.15, -0.1) is 22.7 Å². The van der Waals surface area contributed by atoms with E-state index >= 15 is 0 Å². The Bertz CT molecular complexity index is 2070. The van der Waals surface area contributed by atoms with Gasteiger partial charge in [-0.2, -0.15) is 8.42 Å². The molecule has 0 radical (unpaired) electrons. The second-order valence-corrected chi connectivity index (χ2v) is 13.4. The van der Waals surface area contributed by atoms with Crippen LogP contribution in [0.4, 0.5) is 0 Å². The second-order valence-electron chi connectivity index (χ2n) is 9.18. The minimum atomic E-state index is -4.38. The lowest BCUT2D eigenvalue weighted by molar-refractivity contribution is 0.0993. The summed E-state index contributed by atoms with van der Waals surface area (Å²) in [6.45, 7) is 1.65. The molecule has 4 N–H and O–H groups in total. The van der Waals surface area contributed by atoms with Crippen LogP contribution in [0.25, 0.3) is 41.6 Å². The lowest BCUT2D eigenvalue weighted by Gasteiger charge is -2.04. The zero-order valence-corrected chi connectivity index (χ0v) is 25.4. The number of halogens is 2. The Morgan fingerprint density at radius 3 is 2.20 bits per heavy atom. The highest BCUT2D eigenvalue weighted by molar-refractivity contribution is 7.86. The van der Waals surface area contributed by atoms with E-state index in [1.807, 2.05) is 42.5 Å². The third-order valence-corrected chi connectivity index (χ3v) is 10.5. The van der Waals surface area contributed by atoms with Crippen LogP contribution in [-0.2, 0) is 16.5 Å². The Morgan fingerprint density at radius 2 is 1.49 bits per heavy atom. The first-order chi connectivity index (χ1) is 19.1. The number of carbonyl (C=O) groups excluding carboxylic acids is 1. The van der Waals surface area contributed by atoms with E-state index in [1.165, 1.54) is 22.7 Å². The minimum Gasteiger partial charge on any atom is -0.344 e. The quantitative estimate of drug-likeness (QED) is 0.137. The molecule has 6 aromatic rings. The number of aromatic nitrogens is 2. The summed E-state index contributed by atoms with van der Waals surface area (Å²) < 4.78 is 35.1. The average molecular weight is 643 g/mol. The van der Waals surface area contributed by atoms with Crippen LogP contribution in [0.15, 0.2) is 77.7 Å². The third kappa shape index (κ3) is 5.77. The molecule has 12 heteroatoms. The maximum atomic E-state index is 12.7. The van der Waals surface area contributed by atoms with Gasteiger partial charge in [-0.25, -0.2) is 9.97 Å². The Morgan fingerprint density at radius 1 is 0.829 bits per heavy atom. The Balaban J connectivity index is 0.00000337. The molecule has 0 atom stereocenters. The van der Waals surface area contributed by atoms with Crippen molar-refractivity contribution in [2.45, 2.75) is 18.2 Å². The van der Waals surface area contributed by atoms with Crippen molar-refractivity contribution in [2.75, 3.05) is 0 Å². The van der Waals surface area contributed by atoms with Crippen LogP contribution >= 0.6 is 45.9 Å². The minimum absolute atomic E-state index is 0. The fourth-order valence-corrected chi connectivity index (χ4v) is 8.03. The molecule has 0 bridgehead atoms. The molecule has 4 aromatic carbocycles. The van der Waals surface area contributed by atoms with Gasteiger partial charge in [0.1, 0.15) is 14.9 Å². The molecule has 0 aliphatic carbocycles. The normalized spacial score (nSPS) is 11.6. The molecule has 0 spiro atoms. The number of carbonyl (C=O) groups is 1. The van der Waals surface area contributed by atoms with Crippen LogP contribution in [0.1, 0.15) is 21.5 Å². The van der Waals surface area contributed by atoms with Crippen molar-refractivity contribution >= 4 is 82.2 Å². The van der Waals surface area contributed by atoms with Gasteiger partial charge in [0.05, 0.1) is 30.5 Å². The molecule has 0 aliphatic heterocycles. The molecule has 41 heavy (non-hydrogen) atoms. The van der Waals surface area contributed by atoms with Crippen LogP contribution in [0, 0.1) is 6.92 Å². The zero-order chi connectivity index (χ0) is 28.2. The maximum absolute atomic E-state index is 12.7. The number of ketones is 1. The number of benzene rings is 4. The molecular weight excluding hydrogens is 621 g/mol. The van der Waals surface area contributed by atoms with E-state index in [0.29, 0.717) is 36.4 Å². The summed E-state index contributed by atoms with van der Waals surface area (Å²) in [5.74, 6) is -0.0486. The highest BCUT2D eigenvalue weighted by atomic mass is 35.5. The van der Waals surface area contributed by atoms with Crippen molar-refractivity contribution in [3.8, 4) is 21.1 Å². The number of Topliss-reactive ketones (excluding diaryl/α,β-unsaturated/α-hetero) is 1. The molecule has 0 fully saturated rings. The first-order valence-corrected chi connectivity index (χ1v) is 15.8. The number of hydrogen-bond donors (Lipinski definition) is 2. The lowest BCUT2D eigenvalue weighted by Crippen LogP contribution is -2.03. The van der Waals surface area contributed by atoms with Crippen LogP contribution < -0.4 is 6.15 Å². The van der Waals surface area contributed by atoms with E-state index in [-0.39, 0.29) is 23.3 Å². The van der Waals surface area contributed by atoms with E-state index < -0.39 is 10.1 Å². The van der Waals surface area contributed by atoms with Gasteiger partial charge in [-0.3, -0.25) is 9.35 Å². The molecule has 7 nitrogen and oxygen atoms in total. The van der Waals surface area contributed by atoms with Crippen LogP contribution in [0.3, 0.4) is 0 Å². The molecule has 0 unspecified atom stereocenters. The van der Waals surface area contributed by atoms with Crippen molar-refractivity contribution in [2.24, 2.45) is 0 Å². The van der Waals surface area contributed by atoms with Gasteiger partial charge >= 0.3 is 0 Å². The van der Waals surface area contributed by atoms with Gasteiger partial charge in [-0.1, -0.05) is 53.5 Å². The first-order valence-electron chi connectivity index (χ1n) is 11.9. The van der Waals surface area contributed by atoms with Gasteiger partial charge in [0.25, 0.3) is 10.1 Å². The monoisotopic (exact) mass is 641 g/mol. The summed E-state index contributed by atoms with van der Waals surface area (Å²) in [5, 5.41) is 2.25. The molecule has 2 heterocycles. The van der Waals surface area contributed by atoms with Crippen LogP contribution in [0.5, 0.6) is 0 Å². The molecule has 2 aromatic heterocycles. The van der Waals surface area contributed by atoms with Gasteiger partial charge in [-0.05, 0) is 60.5 Å². The second kappa shape index (κ2) is 11.2. The van der Waals surface area contributed by atoms with E-state index in [1.54, 1.807) is 37.3 Å². The smallest absolute Gasteiger partial charge is 0.296 e. The van der Waals surface area contributed by atoms with Crippen LogP contribution in [0.2, 0.25) is 10.0 Å². The van der Waals surface area contributed by atoms with Crippen LogP contribution in [-0.4, -0.2) is 28.7 Å². The summed E-state index contributed by atoms with van der Waals surface area (Å²) in [6.07, 6.45) is 0.239. The topological polar surface area (TPSA) is 132 Å². The number of nitrogens with zero attached hydrogens (tertiary/aromatic N) is 2. The van der Waals surface area contributed by atoms with Crippen molar-refractivity contribution in [3.63, 3.8) is 0 Å². The highest BCUT2D eigenvalue weighted by Crippen LogP contribution is 2.38. The first kappa shape index (κ1) is 29.3. The third-order valence-electron chi connectivity index (χ3n) is 6.41. The van der Waals surface area contributed by atoms with Gasteiger partial charge in [0.2, 0.25) is 0 Å². The summed E-state index contributed by atoms with van der Waals surface area (Å²) >= 11 is 14.8. The molecule has 208 valence electrons. The SMILES string of the molecule is Cc1ccc2nc(-c3ccc4nc(-c5ccc(CC(=O)c6ccc(Cl)c(Cl)c6)cc5)sc4c3)sc2c1S(=O)(=O)O.N. The Hall–Kier alpha value is -3.22. The van der Waals surface area contributed by atoms with Gasteiger partial charge in [0, 0.05) is 23.1 Å². The number of fused-ring (bicyclic) bond motifs is 2. The van der Waals surface area contributed by atoms with E-state index in [0.717, 1.165) is 31.9 Å². The van der Waals surface area contributed by atoms with Gasteiger partial charge < -0.3 is 6.15 Å². The van der Waals surface area contributed by atoms with E-state index in [2.05, 4.69) is 4.98 Å². The van der Waals surface area contributed by atoms with E-state index in [4.69, 9.17) is 28.2 Å². The summed E-state index contributed by atoms with van der Waals surface area (Å²) in [5.41, 5.74) is 4.97. The Labute approximate surface area is 253 Å². The Kier molecular flexibility index (Phi) is 8.01. The summed E-state index contributed by atoms with van der Waals surface area (Å²) in [6, 6.07) is 21.8. The molecule has 0 aliphatic rings. The summed E-state index contributed by atoms with van der Waals surface area (Å²) in [7, 11) is -4.38. The fourth-order valence-electron chi connectivity index (χ4n) is 4.41. The number of aryl methyl sites for hydroxylation is 1. The van der Waals surface area contributed by atoms with E-state index in [9.17, 15) is 17.8 Å². The molecular formula is C29H21Cl2N3O4S3. The largest absolute Gasteiger partial charge is 0.344 e. The van der Waals surface area contributed by atoms with Gasteiger partial charge in [0.15, 0.2) is 5.78 Å². The lowest BCUT2D eigenvalue weighted by atomic mass is 10.0. The van der Waals surface area contributed by atoms with Crippen molar-refractivity contribution in [1.29, 1.82) is 0 Å². The number of thiazole rings is 2. The molecule has 6 rings (SSSR count). The standard InChI is InChI=1S/C29H18Cl2N2O4S3.H3N/c1-15-2-10-23-26(27(15)40(35,36)37)39-29(33-23)19-8-11-22-25(14-19)38-28(32-22)17-5-3-16(4-6-17)12-24(34)18-7-9-20(30)21(31)13-18;/h2-11,13-14H,12H2,1H3,(H,35,36,37);1H3. The van der Waals surface area contributed by atoms with Crippen molar-refractivity contribution in [1.82, 2.24) is 16.1 Å². The summed E-state index contributed by atoms with van der Waals surface area (Å²) in [4.78, 5) is 22.0. The number of rotatable bonds is 6. The zero-order valence-electron chi connectivity index (χ0n) is 21.4. The fraction of sp³-hybridized carbons (Fsp3) is 0.0690. The average Bonchev–Trinajstić information content (AvgIpc) is 3.53. The van der Waals surface area contributed by atoms with Crippen molar-refractivity contribution in [3.05, 3.63) is 99.5 Å². The van der Waals surface area contributed by atoms with Crippen molar-refractivity contribution < 1.29 is 17.8 Å².